The van der Waals surface area contributed by atoms with Gasteiger partial charge in [0, 0.05) is 16.6 Å². The summed E-state index contributed by atoms with van der Waals surface area (Å²) in [6, 6.07) is 13.2. The Morgan fingerprint density at radius 1 is 1.10 bits per heavy atom. The largest absolute Gasteiger partial charge is 0.507 e. The molecule has 1 heterocycles. The van der Waals surface area contributed by atoms with Crippen LogP contribution >= 0.6 is 28.3 Å². The van der Waals surface area contributed by atoms with Gasteiger partial charge in [-0.15, -0.1) is 28.3 Å². The lowest BCUT2D eigenvalue weighted by Gasteiger charge is -2.02. The van der Waals surface area contributed by atoms with E-state index in [-0.39, 0.29) is 28.5 Å². The van der Waals surface area contributed by atoms with E-state index in [1.807, 2.05) is 11.4 Å². The van der Waals surface area contributed by atoms with E-state index in [1.165, 1.54) is 23.5 Å². The van der Waals surface area contributed by atoms with E-state index >= 15 is 0 Å². The summed E-state index contributed by atoms with van der Waals surface area (Å²) in [4.78, 5) is 4.39. The lowest BCUT2D eigenvalue weighted by atomic mass is 10.1. The molecule has 2 N–H and O–H groups in total. The summed E-state index contributed by atoms with van der Waals surface area (Å²) in [6.45, 7) is 0. The van der Waals surface area contributed by atoms with E-state index in [0.29, 0.717) is 22.1 Å². The summed E-state index contributed by atoms with van der Waals surface area (Å²) in [5.74, 6) is -0.109. The van der Waals surface area contributed by atoms with Crippen LogP contribution in [0.1, 0.15) is 0 Å². The zero-order valence-corrected chi connectivity index (χ0v) is 13.3. The van der Waals surface area contributed by atoms with Gasteiger partial charge in [-0.1, -0.05) is 18.2 Å². The van der Waals surface area contributed by atoms with Gasteiger partial charge >= 0.3 is 0 Å². The minimum absolute atomic E-state index is 0. The fourth-order valence-corrected chi connectivity index (χ4v) is 2.57. The number of para-hydroxylation sites is 1. The van der Waals surface area contributed by atoms with Crippen LogP contribution in [0.25, 0.3) is 11.3 Å². The molecule has 108 valence electrons. The molecular formula is C15H12BrFN2OS. The van der Waals surface area contributed by atoms with Crippen LogP contribution < -0.4 is 5.32 Å². The second-order valence-corrected chi connectivity index (χ2v) is 5.05. The molecule has 0 atom stereocenters. The van der Waals surface area contributed by atoms with Crippen molar-refractivity contribution in [3.63, 3.8) is 0 Å². The molecule has 0 fully saturated rings. The Kier molecular flexibility index (Phi) is 4.93. The summed E-state index contributed by atoms with van der Waals surface area (Å²) in [5.41, 5.74) is 2.01. The zero-order chi connectivity index (χ0) is 13.9. The minimum Gasteiger partial charge on any atom is -0.507 e. The summed E-state index contributed by atoms with van der Waals surface area (Å²) in [6.07, 6.45) is 0. The van der Waals surface area contributed by atoms with Crippen LogP contribution in [0.2, 0.25) is 0 Å². The molecule has 6 heteroatoms. The van der Waals surface area contributed by atoms with E-state index in [0.717, 1.165) is 0 Å². The molecule has 0 saturated carbocycles. The molecule has 21 heavy (non-hydrogen) atoms. The topological polar surface area (TPSA) is 45.1 Å². The molecule has 0 saturated heterocycles. The van der Waals surface area contributed by atoms with Gasteiger partial charge in [0.1, 0.15) is 11.6 Å². The van der Waals surface area contributed by atoms with Gasteiger partial charge in [0.2, 0.25) is 0 Å². The quantitative estimate of drug-likeness (QED) is 0.687. The standard InChI is InChI=1S/C15H11FN2OS.BrH/c16-10-4-3-5-11(8-10)17-15-18-13(9-20-15)12-6-1-2-7-14(12)19;/h1-9,19H,(H,17,18);1H. The highest BCUT2D eigenvalue weighted by molar-refractivity contribution is 8.93. The molecule has 0 aliphatic heterocycles. The number of phenolic OH excluding ortho intramolecular Hbond substituents is 1. The van der Waals surface area contributed by atoms with Crippen molar-refractivity contribution in [2.45, 2.75) is 0 Å². The molecule has 0 unspecified atom stereocenters. The van der Waals surface area contributed by atoms with Crippen molar-refractivity contribution in [2.75, 3.05) is 5.32 Å². The molecule has 0 aliphatic carbocycles. The Morgan fingerprint density at radius 2 is 1.90 bits per heavy atom. The third-order valence-electron chi connectivity index (χ3n) is 2.76. The number of rotatable bonds is 3. The van der Waals surface area contributed by atoms with Gasteiger partial charge in [0.25, 0.3) is 0 Å². The number of hydrogen-bond donors (Lipinski definition) is 2. The van der Waals surface area contributed by atoms with E-state index in [2.05, 4.69) is 10.3 Å². The highest BCUT2D eigenvalue weighted by Crippen LogP contribution is 2.32. The number of anilines is 2. The third-order valence-corrected chi connectivity index (χ3v) is 3.52. The van der Waals surface area contributed by atoms with Crippen molar-refractivity contribution in [3.05, 3.63) is 59.7 Å². The normalized spacial score (nSPS) is 9.95. The summed E-state index contributed by atoms with van der Waals surface area (Å²) < 4.78 is 13.1. The van der Waals surface area contributed by atoms with Crippen molar-refractivity contribution >= 4 is 39.1 Å². The number of phenols is 1. The third kappa shape index (κ3) is 3.59. The molecule has 0 aliphatic rings. The molecule has 0 radical (unpaired) electrons. The van der Waals surface area contributed by atoms with Crippen molar-refractivity contribution in [3.8, 4) is 17.0 Å². The van der Waals surface area contributed by atoms with Gasteiger partial charge in [-0.05, 0) is 30.3 Å². The predicted molar refractivity (Wildman–Crippen MR) is 89.2 cm³/mol. The molecule has 3 rings (SSSR count). The summed E-state index contributed by atoms with van der Waals surface area (Å²) in [7, 11) is 0. The average Bonchev–Trinajstić information content (AvgIpc) is 2.87. The number of nitrogens with one attached hydrogen (secondary N) is 1. The van der Waals surface area contributed by atoms with Crippen LogP contribution in [-0.4, -0.2) is 10.1 Å². The number of aromatic nitrogens is 1. The van der Waals surface area contributed by atoms with E-state index in [9.17, 15) is 9.50 Å². The van der Waals surface area contributed by atoms with Crippen LogP contribution in [0.15, 0.2) is 53.9 Å². The van der Waals surface area contributed by atoms with Crippen molar-refractivity contribution in [1.82, 2.24) is 4.98 Å². The van der Waals surface area contributed by atoms with Crippen LogP contribution in [-0.2, 0) is 0 Å². The van der Waals surface area contributed by atoms with Crippen LogP contribution in [0.4, 0.5) is 15.2 Å². The number of hydrogen-bond acceptors (Lipinski definition) is 4. The van der Waals surface area contributed by atoms with Gasteiger partial charge in [-0.2, -0.15) is 0 Å². The first kappa shape index (κ1) is 15.5. The Bertz CT molecular complexity index is 748. The Morgan fingerprint density at radius 3 is 2.67 bits per heavy atom. The van der Waals surface area contributed by atoms with Gasteiger partial charge in [0.05, 0.1) is 5.69 Å². The smallest absolute Gasteiger partial charge is 0.187 e. The number of nitrogens with zero attached hydrogens (tertiary/aromatic N) is 1. The van der Waals surface area contributed by atoms with Crippen molar-refractivity contribution in [1.29, 1.82) is 0 Å². The van der Waals surface area contributed by atoms with E-state index < -0.39 is 0 Å². The summed E-state index contributed by atoms with van der Waals surface area (Å²) >= 11 is 1.40. The van der Waals surface area contributed by atoms with Crippen molar-refractivity contribution < 1.29 is 9.50 Å². The maximum atomic E-state index is 13.1. The molecule has 3 nitrogen and oxygen atoms in total. The highest BCUT2D eigenvalue weighted by Gasteiger charge is 2.08. The maximum absolute atomic E-state index is 13.1. The average molecular weight is 367 g/mol. The number of aromatic hydroxyl groups is 1. The molecular weight excluding hydrogens is 355 g/mol. The second kappa shape index (κ2) is 6.69. The monoisotopic (exact) mass is 366 g/mol. The summed E-state index contributed by atoms with van der Waals surface area (Å²) in [5, 5.41) is 15.3. The first-order valence-electron chi connectivity index (χ1n) is 5.99. The minimum atomic E-state index is -0.299. The second-order valence-electron chi connectivity index (χ2n) is 4.19. The molecule has 0 spiro atoms. The van der Waals surface area contributed by atoms with E-state index in [1.54, 1.807) is 30.3 Å². The first-order chi connectivity index (χ1) is 9.72. The number of halogens is 2. The van der Waals surface area contributed by atoms with Gasteiger partial charge in [-0.25, -0.2) is 9.37 Å². The lowest BCUT2D eigenvalue weighted by Crippen LogP contribution is -1.90. The number of benzene rings is 2. The molecule has 0 amide bonds. The predicted octanol–water partition coefficient (Wildman–Crippen LogP) is 4.98. The lowest BCUT2D eigenvalue weighted by molar-refractivity contribution is 0.477. The van der Waals surface area contributed by atoms with Gasteiger partial charge < -0.3 is 10.4 Å². The first-order valence-corrected chi connectivity index (χ1v) is 6.87. The Balaban J connectivity index is 0.00000161. The fraction of sp³-hybridized carbons (Fsp3) is 0. The van der Waals surface area contributed by atoms with Crippen LogP contribution in [0, 0.1) is 5.82 Å². The molecule has 0 bridgehead atoms. The Hall–Kier alpha value is -1.92. The van der Waals surface area contributed by atoms with E-state index in [4.69, 9.17) is 0 Å². The van der Waals surface area contributed by atoms with Crippen LogP contribution in [0.5, 0.6) is 5.75 Å². The number of thiazole rings is 1. The maximum Gasteiger partial charge on any atom is 0.187 e. The fourth-order valence-electron chi connectivity index (χ4n) is 1.83. The van der Waals surface area contributed by atoms with Gasteiger partial charge in [-0.3, -0.25) is 0 Å². The van der Waals surface area contributed by atoms with Crippen LogP contribution in [0.3, 0.4) is 0 Å². The Labute approximate surface area is 135 Å². The zero-order valence-electron chi connectivity index (χ0n) is 10.8. The van der Waals surface area contributed by atoms with Gasteiger partial charge in [0.15, 0.2) is 5.13 Å². The molecule has 3 aromatic rings. The highest BCUT2D eigenvalue weighted by atomic mass is 79.9. The van der Waals surface area contributed by atoms with Crippen molar-refractivity contribution in [2.24, 2.45) is 0 Å². The molecule has 2 aromatic carbocycles. The molecule has 1 aromatic heterocycles. The SMILES string of the molecule is Br.Oc1ccccc1-c1csc(Nc2cccc(F)c2)n1.